The molecule has 0 radical (unpaired) electrons. The molecule has 146 valence electrons. The Morgan fingerprint density at radius 2 is 1.71 bits per heavy atom. The van der Waals surface area contributed by atoms with Crippen molar-refractivity contribution in [3.8, 4) is 34.5 Å². The molecule has 9 heteroatoms. The fourth-order valence-corrected chi connectivity index (χ4v) is 3.94. The van der Waals surface area contributed by atoms with Gasteiger partial charge in [-0.2, -0.15) is 0 Å². The maximum atomic E-state index is 13.3. The van der Waals surface area contributed by atoms with Gasteiger partial charge in [0.05, 0.1) is 12.7 Å². The van der Waals surface area contributed by atoms with E-state index in [1.54, 1.807) is 0 Å². The monoisotopic (exact) mass is 388 g/mol. The van der Waals surface area contributed by atoms with Crippen LogP contribution >= 0.6 is 0 Å². The van der Waals surface area contributed by atoms with Gasteiger partial charge < -0.3 is 34.6 Å². The van der Waals surface area contributed by atoms with Crippen molar-refractivity contribution in [1.82, 2.24) is 0 Å². The normalized spacial score (nSPS) is 24.8. The van der Waals surface area contributed by atoms with E-state index in [2.05, 4.69) is 0 Å². The first kappa shape index (κ1) is 17.9. The number of aromatic hydroxyl groups is 4. The fraction of sp³-hybridized carbons (Fsp3) is 0.263. The Hall–Kier alpha value is -3.46. The topological polar surface area (TPSA) is 143 Å². The van der Waals surface area contributed by atoms with E-state index in [1.807, 2.05) is 0 Å². The summed E-state index contributed by atoms with van der Waals surface area (Å²) < 4.78 is 16.7. The molecule has 0 aromatic heterocycles. The molecule has 2 atom stereocenters. The van der Waals surface area contributed by atoms with Crippen LogP contribution in [0.3, 0.4) is 0 Å². The number of hydrogen-bond donors (Lipinski definition) is 4. The number of methoxy groups -OCH3 is 1. The maximum Gasteiger partial charge on any atom is 0.240 e. The van der Waals surface area contributed by atoms with E-state index in [4.69, 9.17) is 14.2 Å². The zero-order valence-electron chi connectivity index (χ0n) is 15.1. The zero-order valence-corrected chi connectivity index (χ0v) is 15.1. The summed E-state index contributed by atoms with van der Waals surface area (Å²) in [6, 6.07) is 2.24. The van der Waals surface area contributed by atoms with Crippen molar-refractivity contribution in [1.29, 1.82) is 0 Å². The Balaban J connectivity index is 2.12. The number of rotatable bonds is 2. The molecular formula is C19H16O9. The van der Waals surface area contributed by atoms with Crippen LogP contribution in [0.5, 0.6) is 34.5 Å². The Morgan fingerprint density at radius 1 is 1.04 bits per heavy atom. The molecule has 2 bridgehead atoms. The van der Waals surface area contributed by atoms with E-state index in [9.17, 15) is 30.0 Å². The van der Waals surface area contributed by atoms with Gasteiger partial charge in [0.25, 0.3) is 0 Å². The first-order valence-corrected chi connectivity index (χ1v) is 8.21. The molecule has 2 aliphatic heterocycles. The van der Waals surface area contributed by atoms with E-state index in [1.165, 1.54) is 27.0 Å². The van der Waals surface area contributed by atoms with Gasteiger partial charge in [0.15, 0.2) is 40.7 Å². The average molecular weight is 388 g/mol. The molecule has 0 spiro atoms. The first-order chi connectivity index (χ1) is 13.1. The third kappa shape index (κ3) is 1.93. The zero-order chi connectivity index (χ0) is 20.6. The number of fused-ring (bicyclic) bond motifs is 6. The van der Waals surface area contributed by atoms with Crippen LogP contribution in [0.25, 0.3) is 0 Å². The van der Waals surface area contributed by atoms with Crippen LogP contribution < -0.4 is 9.47 Å². The molecule has 4 rings (SSSR count). The Kier molecular flexibility index (Phi) is 3.39. The van der Waals surface area contributed by atoms with Crippen molar-refractivity contribution in [2.75, 3.05) is 7.11 Å². The standard InChI is InChI=1S/C19H16O9/c1-18-11-7(6-20)4-10(26-3)14(23)16(11)27-19(2,28-18)12-8(17(18)25)5-9(21)13(22)15(12)24/h4-6,21-24H,1-3H3/t18-,19-/m0/s1. The summed E-state index contributed by atoms with van der Waals surface area (Å²) in [6.07, 6.45) is 0.468. The first-order valence-electron chi connectivity index (χ1n) is 8.21. The number of ketones is 1. The molecule has 0 aliphatic carbocycles. The smallest absolute Gasteiger partial charge is 0.240 e. The molecule has 0 unspecified atom stereocenters. The molecule has 2 heterocycles. The predicted octanol–water partition coefficient (Wildman–Crippen LogP) is 2.02. The van der Waals surface area contributed by atoms with Crippen LogP contribution in [0.1, 0.15) is 45.7 Å². The van der Waals surface area contributed by atoms with Gasteiger partial charge in [-0.1, -0.05) is 0 Å². The average Bonchev–Trinajstić information content (AvgIpc) is 2.64. The molecule has 4 N–H and O–H groups in total. The molecule has 2 aromatic carbocycles. The van der Waals surface area contributed by atoms with Crippen molar-refractivity contribution in [2.45, 2.75) is 25.2 Å². The summed E-state index contributed by atoms with van der Waals surface area (Å²) >= 11 is 0. The largest absolute Gasteiger partial charge is 0.504 e. The number of aldehydes is 1. The highest BCUT2D eigenvalue weighted by atomic mass is 16.7. The minimum atomic E-state index is -1.83. The summed E-state index contributed by atoms with van der Waals surface area (Å²) in [5.41, 5.74) is -2.17. The van der Waals surface area contributed by atoms with Crippen LogP contribution in [0.2, 0.25) is 0 Å². The van der Waals surface area contributed by atoms with Crippen LogP contribution in [0.4, 0.5) is 0 Å². The minimum Gasteiger partial charge on any atom is -0.504 e. The summed E-state index contributed by atoms with van der Waals surface area (Å²) in [5, 5.41) is 40.7. The molecular weight excluding hydrogens is 372 g/mol. The number of phenols is 4. The number of benzene rings is 2. The number of phenolic OH excluding ortho intramolecular Hbond substituents is 4. The Bertz CT molecular complexity index is 1070. The molecule has 0 amide bonds. The van der Waals surface area contributed by atoms with E-state index >= 15 is 0 Å². The lowest BCUT2D eigenvalue weighted by Crippen LogP contribution is -2.55. The number of ether oxygens (including phenoxy) is 3. The van der Waals surface area contributed by atoms with Gasteiger partial charge in [-0.3, -0.25) is 9.59 Å². The number of carbonyl (C=O) groups excluding carboxylic acids is 2. The van der Waals surface area contributed by atoms with Crippen LogP contribution in [-0.4, -0.2) is 39.6 Å². The summed E-state index contributed by atoms with van der Waals surface area (Å²) in [7, 11) is 1.28. The highest BCUT2D eigenvalue weighted by molar-refractivity contribution is 6.08. The van der Waals surface area contributed by atoms with Crippen molar-refractivity contribution in [2.24, 2.45) is 0 Å². The van der Waals surface area contributed by atoms with Gasteiger partial charge in [-0.25, -0.2) is 0 Å². The van der Waals surface area contributed by atoms with Crippen LogP contribution in [0.15, 0.2) is 12.1 Å². The predicted molar refractivity (Wildman–Crippen MR) is 92.2 cm³/mol. The molecule has 0 fully saturated rings. The molecule has 0 saturated heterocycles. The minimum absolute atomic E-state index is 0.00165. The maximum absolute atomic E-state index is 13.3. The van der Waals surface area contributed by atoms with Crippen molar-refractivity contribution >= 4 is 12.1 Å². The fourth-order valence-electron chi connectivity index (χ4n) is 3.94. The van der Waals surface area contributed by atoms with Gasteiger partial charge in [0, 0.05) is 23.6 Å². The lowest BCUT2D eigenvalue weighted by atomic mass is 9.76. The summed E-state index contributed by atoms with van der Waals surface area (Å²) in [4.78, 5) is 25.0. The van der Waals surface area contributed by atoms with Gasteiger partial charge in [-0.15, -0.1) is 0 Å². The number of Topliss-reactive ketones (excluding diaryl/α,β-unsaturated/α-hetero) is 1. The van der Waals surface area contributed by atoms with Crippen molar-refractivity contribution in [3.63, 3.8) is 0 Å². The van der Waals surface area contributed by atoms with Gasteiger partial charge in [0.2, 0.25) is 17.3 Å². The molecule has 28 heavy (non-hydrogen) atoms. The lowest BCUT2D eigenvalue weighted by molar-refractivity contribution is -0.255. The summed E-state index contributed by atoms with van der Waals surface area (Å²) in [6.45, 7) is 2.76. The number of hydrogen-bond acceptors (Lipinski definition) is 9. The van der Waals surface area contributed by atoms with Gasteiger partial charge in [-0.05, 0) is 19.1 Å². The quantitative estimate of drug-likeness (QED) is 0.449. The SMILES string of the molecule is COc1cc(C=O)c2c(c1O)O[C@@]1(C)O[C@]2(C)C(=O)c2cc(O)c(O)c(O)c21. The van der Waals surface area contributed by atoms with Gasteiger partial charge in [0.1, 0.15) is 0 Å². The highest BCUT2D eigenvalue weighted by Gasteiger charge is 2.59. The van der Waals surface area contributed by atoms with Gasteiger partial charge >= 0.3 is 0 Å². The lowest BCUT2D eigenvalue weighted by Gasteiger charge is -2.49. The third-order valence-corrected chi connectivity index (χ3v) is 5.16. The Morgan fingerprint density at radius 3 is 2.32 bits per heavy atom. The van der Waals surface area contributed by atoms with Crippen molar-refractivity contribution < 1.29 is 44.2 Å². The second-order valence-electron chi connectivity index (χ2n) is 6.87. The van der Waals surface area contributed by atoms with E-state index < -0.39 is 40.2 Å². The summed E-state index contributed by atoms with van der Waals surface area (Å²) in [5.74, 6) is -5.62. The number of carbonyl (C=O) groups is 2. The molecule has 2 aliphatic rings. The van der Waals surface area contributed by atoms with E-state index in [0.717, 1.165) is 6.07 Å². The van der Waals surface area contributed by atoms with Crippen LogP contribution in [0, 0.1) is 0 Å². The third-order valence-electron chi connectivity index (χ3n) is 5.16. The van der Waals surface area contributed by atoms with E-state index in [-0.39, 0.29) is 33.8 Å². The second-order valence-corrected chi connectivity index (χ2v) is 6.87. The highest BCUT2D eigenvalue weighted by Crippen LogP contribution is 2.60. The van der Waals surface area contributed by atoms with Crippen LogP contribution in [-0.2, 0) is 16.1 Å². The molecule has 0 saturated carbocycles. The second kappa shape index (κ2) is 5.29. The van der Waals surface area contributed by atoms with E-state index in [0.29, 0.717) is 6.29 Å². The molecule has 2 aromatic rings. The molecule has 9 nitrogen and oxygen atoms in total. The van der Waals surface area contributed by atoms with Crippen molar-refractivity contribution in [3.05, 3.63) is 34.4 Å². The Labute approximate surface area is 158 Å².